The zero-order chi connectivity index (χ0) is 14.8. The standard InChI is InChI=1S/C15H18ClN3O/c1-15(2,3)14(20)13(19-10-17-9-18-19)8-11-4-6-12(16)7-5-11/h4-10,14,20H,1-3H3/p+1/b13-8+/t14-/m1/s1. The lowest BCUT2D eigenvalue weighted by Crippen LogP contribution is -2.44. The van der Waals surface area contributed by atoms with Crippen molar-refractivity contribution in [2.45, 2.75) is 26.9 Å². The van der Waals surface area contributed by atoms with E-state index < -0.39 is 6.10 Å². The zero-order valence-corrected chi connectivity index (χ0v) is 12.6. The number of nitrogens with zero attached hydrogens (tertiary/aromatic N) is 2. The molecule has 4 nitrogen and oxygen atoms in total. The molecule has 0 fully saturated rings. The zero-order valence-electron chi connectivity index (χ0n) is 11.8. The van der Waals surface area contributed by atoms with Crippen LogP contribution < -0.4 is 4.68 Å². The van der Waals surface area contributed by atoms with Gasteiger partial charge in [-0.1, -0.05) is 44.5 Å². The van der Waals surface area contributed by atoms with E-state index in [4.69, 9.17) is 11.6 Å². The molecule has 0 bridgehead atoms. The average molecular weight is 293 g/mol. The van der Waals surface area contributed by atoms with Gasteiger partial charge in [-0.2, -0.15) is 5.10 Å². The van der Waals surface area contributed by atoms with Crippen molar-refractivity contribution in [1.82, 2.24) is 10.1 Å². The quantitative estimate of drug-likeness (QED) is 0.855. The van der Waals surface area contributed by atoms with E-state index in [0.29, 0.717) is 5.02 Å². The first-order valence-corrected chi connectivity index (χ1v) is 6.81. The van der Waals surface area contributed by atoms with Crippen LogP contribution in [-0.4, -0.2) is 21.3 Å². The van der Waals surface area contributed by atoms with Gasteiger partial charge in [-0.15, -0.1) is 4.68 Å². The Bertz CT molecular complexity index is 583. The van der Waals surface area contributed by atoms with Gasteiger partial charge in [0, 0.05) is 5.02 Å². The van der Waals surface area contributed by atoms with Crippen molar-refractivity contribution in [3.05, 3.63) is 47.5 Å². The first-order valence-electron chi connectivity index (χ1n) is 6.43. The van der Waals surface area contributed by atoms with Crippen LogP contribution in [0.25, 0.3) is 11.8 Å². The minimum Gasteiger partial charge on any atom is -0.384 e. The highest BCUT2D eigenvalue weighted by Crippen LogP contribution is 2.26. The summed E-state index contributed by atoms with van der Waals surface area (Å²) < 4.78 is 1.71. The normalized spacial score (nSPS) is 14.3. The van der Waals surface area contributed by atoms with Crippen LogP contribution in [0.2, 0.25) is 5.02 Å². The number of aromatic amines is 1. The fraction of sp³-hybridized carbons (Fsp3) is 0.333. The molecule has 0 saturated carbocycles. The minimum atomic E-state index is -0.636. The van der Waals surface area contributed by atoms with Crippen LogP contribution in [0, 0.1) is 5.41 Å². The van der Waals surface area contributed by atoms with E-state index >= 15 is 0 Å². The summed E-state index contributed by atoms with van der Waals surface area (Å²) in [6.07, 6.45) is 4.50. The van der Waals surface area contributed by atoms with Crippen LogP contribution in [0.5, 0.6) is 0 Å². The maximum absolute atomic E-state index is 10.6. The smallest absolute Gasteiger partial charge is 0.311 e. The van der Waals surface area contributed by atoms with Gasteiger partial charge in [0.1, 0.15) is 6.10 Å². The Kier molecular flexibility index (Phi) is 4.26. The molecule has 2 rings (SSSR count). The fourth-order valence-corrected chi connectivity index (χ4v) is 1.95. The van der Waals surface area contributed by atoms with E-state index in [1.807, 2.05) is 51.1 Å². The third-order valence-electron chi connectivity index (χ3n) is 3.02. The summed E-state index contributed by atoms with van der Waals surface area (Å²) >= 11 is 5.89. The number of rotatable bonds is 3. The Morgan fingerprint density at radius 2 is 2.00 bits per heavy atom. The number of aromatic nitrogens is 3. The minimum absolute atomic E-state index is 0.281. The largest absolute Gasteiger partial charge is 0.384 e. The predicted molar refractivity (Wildman–Crippen MR) is 79.9 cm³/mol. The lowest BCUT2D eigenvalue weighted by atomic mass is 9.86. The molecule has 0 amide bonds. The number of nitrogens with one attached hydrogen (secondary N) is 1. The Labute approximate surface area is 123 Å². The van der Waals surface area contributed by atoms with Crippen LogP contribution >= 0.6 is 11.6 Å². The monoisotopic (exact) mass is 292 g/mol. The molecule has 1 atom stereocenters. The molecule has 0 radical (unpaired) electrons. The summed E-state index contributed by atoms with van der Waals surface area (Å²) in [5.41, 5.74) is 1.42. The van der Waals surface area contributed by atoms with E-state index in [1.165, 1.54) is 0 Å². The number of halogens is 1. The van der Waals surface area contributed by atoms with Gasteiger partial charge < -0.3 is 5.11 Å². The summed E-state index contributed by atoms with van der Waals surface area (Å²) in [6, 6.07) is 7.47. The molecule has 2 N–H and O–H groups in total. The molecule has 1 aromatic heterocycles. The van der Waals surface area contributed by atoms with Gasteiger partial charge in [-0.25, -0.2) is 0 Å². The first-order chi connectivity index (χ1) is 9.38. The topological polar surface area (TPSA) is 52.8 Å². The summed E-state index contributed by atoms with van der Waals surface area (Å²) in [7, 11) is 0. The highest BCUT2D eigenvalue weighted by Gasteiger charge is 2.30. The van der Waals surface area contributed by atoms with Crippen LogP contribution in [0.1, 0.15) is 26.3 Å². The van der Waals surface area contributed by atoms with Gasteiger partial charge in [0.15, 0.2) is 5.70 Å². The summed E-state index contributed by atoms with van der Waals surface area (Å²) in [5, 5.41) is 14.2. The van der Waals surface area contributed by atoms with Gasteiger partial charge >= 0.3 is 6.33 Å². The Hall–Kier alpha value is -1.65. The number of aliphatic hydroxyl groups is 1. The predicted octanol–water partition coefficient (Wildman–Crippen LogP) is 2.76. The molecule has 20 heavy (non-hydrogen) atoms. The van der Waals surface area contributed by atoms with Crippen molar-refractivity contribution >= 4 is 23.4 Å². The number of benzene rings is 1. The third-order valence-corrected chi connectivity index (χ3v) is 3.27. The maximum Gasteiger partial charge on any atom is 0.311 e. The molecule has 2 aromatic rings. The van der Waals surface area contributed by atoms with Crippen LogP contribution in [0.3, 0.4) is 0 Å². The van der Waals surface area contributed by atoms with Crippen molar-refractivity contribution in [3.8, 4) is 0 Å². The molecular weight excluding hydrogens is 274 g/mol. The molecule has 0 aliphatic carbocycles. The molecular formula is C15H19ClN3O+. The van der Waals surface area contributed by atoms with Crippen LogP contribution in [0.15, 0.2) is 36.9 Å². The highest BCUT2D eigenvalue weighted by molar-refractivity contribution is 6.30. The summed E-state index contributed by atoms with van der Waals surface area (Å²) in [4.78, 5) is 4.00. The number of hydrogen-bond donors (Lipinski definition) is 2. The van der Waals surface area contributed by atoms with E-state index in [9.17, 15) is 5.11 Å². The molecule has 0 unspecified atom stereocenters. The molecule has 0 aliphatic heterocycles. The van der Waals surface area contributed by atoms with Crippen molar-refractivity contribution in [2.75, 3.05) is 0 Å². The van der Waals surface area contributed by atoms with E-state index in [-0.39, 0.29) is 5.41 Å². The SMILES string of the molecule is CC(C)(C)[C@H](O)/C(=C\c1ccc(Cl)cc1)[n+]1cnc[nH]1. The molecule has 1 aromatic carbocycles. The number of hydrogen-bond acceptors (Lipinski definition) is 2. The molecule has 0 spiro atoms. The second kappa shape index (κ2) is 5.77. The molecule has 0 saturated heterocycles. The second-order valence-electron chi connectivity index (χ2n) is 5.78. The second-order valence-corrected chi connectivity index (χ2v) is 6.22. The molecule has 0 aliphatic rings. The Balaban J connectivity index is 2.44. The van der Waals surface area contributed by atoms with Gasteiger partial charge in [0.2, 0.25) is 6.33 Å². The lowest BCUT2D eigenvalue weighted by molar-refractivity contribution is -0.647. The van der Waals surface area contributed by atoms with Crippen molar-refractivity contribution in [3.63, 3.8) is 0 Å². The van der Waals surface area contributed by atoms with Crippen molar-refractivity contribution in [2.24, 2.45) is 5.41 Å². The first kappa shape index (κ1) is 14.8. The van der Waals surface area contributed by atoms with Crippen LogP contribution in [-0.2, 0) is 0 Å². The lowest BCUT2D eigenvalue weighted by Gasteiger charge is -2.25. The number of aliphatic hydroxyl groups excluding tert-OH is 1. The van der Waals surface area contributed by atoms with E-state index in [2.05, 4.69) is 10.1 Å². The highest BCUT2D eigenvalue weighted by atomic mass is 35.5. The van der Waals surface area contributed by atoms with Gasteiger partial charge in [0.05, 0.1) is 0 Å². The maximum atomic E-state index is 10.6. The molecule has 5 heteroatoms. The van der Waals surface area contributed by atoms with Crippen LogP contribution in [0.4, 0.5) is 0 Å². The van der Waals surface area contributed by atoms with E-state index in [1.54, 1.807) is 17.3 Å². The summed E-state index contributed by atoms with van der Waals surface area (Å²) in [6.45, 7) is 5.97. The molecule has 1 heterocycles. The van der Waals surface area contributed by atoms with Crippen molar-refractivity contribution in [1.29, 1.82) is 0 Å². The third kappa shape index (κ3) is 3.46. The fourth-order valence-electron chi connectivity index (χ4n) is 1.82. The Morgan fingerprint density at radius 1 is 1.35 bits per heavy atom. The summed E-state index contributed by atoms with van der Waals surface area (Å²) in [5.74, 6) is 0. The molecule has 106 valence electrons. The van der Waals surface area contributed by atoms with Gasteiger partial charge in [-0.05, 0) is 34.2 Å². The van der Waals surface area contributed by atoms with Gasteiger partial charge in [-0.3, -0.25) is 0 Å². The van der Waals surface area contributed by atoms with E-state index in [0.717, 1.165) is 11.3 Å². The van der Waals surface area contributed by atoms with Gasteiger partial charge in [0.25, 0.3) is 0 Å². The average Bonchev–Trinajstić information content (AvgIpc) is 2.90. The van der Waals surface area contributed by atoms with Crippen molar-refractivity contribution < 1.29 is 9.79 Å². The number of H-pyrrole nitrogens is 1. The Morgan fingerprint density at radius 3 is 2.50 bits per heavy atom.